The molecule has 2 heterocycles. The summed E-state index contributed by atoms with van der Waals surface area (Å²) in [5, 5.41) is 6.94. The summed E-state index contributed by atoms with van der Waals surface area (Å²) in [5.74, 6) is 0.638. The smallest absolute Gasteiger partial charge is 0.410 e. The number of ether oxygens (including phenoxy) is 1. The van der Waals surface area contributed by atoms with Crippen molar-refractivity contribution >= 4 is 17.8 Å². The number of rotatable bonds is 6. The summed E-state index contributed by atoms with van der Waals surface area (Å²) < 4.78 is 6.84. The van der Waals surface area contributed by atoms with E-state index in [0.717, 1.165) is 0 Å². The maximum absolute atomic E-state index is 12.0. The molecule has 2 aromatic heterocycles. The zero-order valence-electron chi connectivity index (χ0n) is 15.0. The molecule has 1 N–H and O–H groups in total. The van der Waals surface area contributed by atoms with Crippen LogP contribution >= 0.6 is 0 Å². The van der Waals surface area contributed by atoms with Gasteiger partial charge in [-0.05, 0) is 33.8 Å². The summed E-state index contributed by atoms with van der Waals surface area (Å²) in [5.41, 5.74) is -0.545. The van der Waals surface area contributed by atoms with Crippen LogP contribution in [0, 0.1) is 0 Å². The Morgan fingerprint density at radius 2 is 2.12 bits per heavy atom. The molecule has 0 fully saturated rings. The molecule has 0 saturated carbocycles. The van der Waals surface area contributed by atoms with Crippen LogP contribution in [0.5, 0.6) is 0 Å². The van der Waals surface area contributed by atoms with E-state index in [9.17, 15) is 9.59 Å². The van der Waals surface area contributed by atoms with Crippen LogP contribution in [-0.2, 0) is 16.0 Å². The van der Waals surface area contributed by atoms with Gasteiger partial charge in [0.25, 0.3) is 5.78 Å². The highest BCUT2D eigenvalue weighted by atomic mass is 16.6. The van der Waals surface area contributed by atoms with Gasteiger partial charge in [0.1, 0.15) is 5.60 Å². The van der Waals surface area contributed by atoms with Gasteiger partial charge < -0.3 is 15.0 Å². The SMILES string of the molecule is CCN(CCNC(=O)Cc1nc2ncccn2n1)C(=O)OC(C)(C)C. The topological polar surface area (TPSA) is 102 Å². The molecule has 0 spiro atoms. The Kier molecular flexibility index (Phi) is 5.89. The van der Waals surface area contributed by atoms with Crippen LogP contribution < -0.4 is 5.32 Å². The van der Waals surface area contributed by atoms with Crippen molar-refractivity contribution in [2.75, 3.05) is 19.6 Å². The molecule has 0 aliphatic heterocycles. The first-order valence-corrected chi connectivity index (χ1v) is 8.19. The van der Waals surface area contributed by atoms with E-state index in [4.69, 9.17) is 4.74 Å². The lowest BCUT2D eigenvalue weighted by molar-refractivity contribution is -0.120. The van der Waals surface area contributed by atoms with Gasteiger partial charge in [0, 0.05) is 32.0 Å². The summed E-state index contributed by atoms with van der Waals surface area (Å²) in [6.07, 6.45) is 3.00. The minimum absolute atomic E-state index is 0.0575. The van der Waals surface area contributed by atoms with Crippen LogP contribution in [-0.4, -0.2) is 61.7 Å². The molecule has 25 heavy (non-hydrogen) atoms. The van der Waals surface area contributed by atoms with Crippen LogP contribution in [0.1, 0.15) is 33.5 Å². The summed E-state index contributed by atoms with van der Waals surface area (Å²) in [6, 6.07) is 1.74. The molecule has 0 aliphatic rings. The van der Waals surface area contributed by atoms with Gasteiger partial charge in [-0.3, -0.25) is 4.79 Å². The van der Waals surface area contributed by atoms with Crippen molar-refractivity contribution in [3.05, 3.63) is 24.3 Å². The largest absolute Gasteiger partial charge is 0.444 e. The summed E-state index contributed by atoms with van der Waals surface area (Å²) in [4.78, 5) is 33.8. The van der Waals surface area contributed by atoms with Crippen LogP contribution in [0.3, 0.4) is 0 Å². The van der Waals surface area contributed by atoms with Crippen LogP contribution in [0.25, 0.3) is 5.78 Å². The van der Waals surface area contributed by atoms with Gasteiger partial charge >= 0.3 is 6.09 Å². The second kappa shape index (κ2) is 7.91. The first-order chi connectivity index (χ1) is 11.8. The Labute approximate surface area is 146 Å². The van der Waals surface area contributed by atoms with Crippen molar-refractivity contribution < 1.29 is 14.3 Å². The number of carbonyl (C=O) groups is 2. The fraction of sp³-hybridized carbons (Fsp3) is 0.562. The molecular formula is C16H24N6O3. The third kappa shape index (κ3) is 5.70. The zero-order chi connectivity index (χ0) is 18.4. The van der Waals surface area contributed by atoms with Crippen molar-refractivity contribution in [2.24, 2.45) is 0 Å². The van der Waals surface area contributed by atoms with E-state index >= 15 is 0 Å². The number of likely N-dealkylation sites (N-methyl/N-ethyl adjacent to an activating group) is 1. The predicted octanol–water partition coefficient (Wildman–Crippen LogP) is 1.04. The number of hydrogen-bond acceptors (Lipinski definition) is 6. The minimum Gasteiger partial charge on any atom is -0.444 e. The van der Waals surface area contributed by atoms with Crippen molar-refractivity contribution in [1.82, 2.24) is 29.8 Å². The summed E-state index contributed by atoms with van der Waals surface area (Å²) in [6.45, 7) is 8.52. The van der Waals surface area contributed by atoms with E-state index in [1.807, 2.05) is 27.7 Å². The van der Waals surface area contributed by atoms with Crippen LogP contribution in [0.4, 0.5) is 4.79 Å². The number of nitrogens with zero attached hydrogens (tertiary/aromatic N) is 5. The second-order valence-corrected chi connectivity index (χ2v) is 6.48. The second-order valence-electron chi connectivity index (χ2n) is 6.48. The molecule has 2 rings (SSSR count). The Morgan fingerprint density at radius 3 is 2.76 bits per heavy atom. The first kappa shape index (κ1) is 18.6. The van der Waals surface area contributed by atoms with Crippen molar-refractivity contribution in [1.29, 1.82) is 0 Å². The molecule has 9 heteroatoms. The molecule has 0 atom stereocenters. The lowest BCUT2D eigenvalue weighted by Gasteiger charge is -2.26. The molecule has 2 aromatic rings. The molecule has 0 saturated heterocycles. The number of hydrogen-bond donors (Lipinski definition) is 1. The molecule has 9 nitrogen and oxygen atoms in total. The van der Waals surface area contributed by atoms with E-state index in [2.05, 4.69) is 20.4 Å². The fourth-order valence-corrected chi connectivity index (χ4v) is 2.09. The normalized spacial score (nSPS) is 11.4. The quantitative estimate of drug-likeness (QED) is 0.837. The van der Waals surface area contributed by atoms with E-state index in [1.165, 1.54) is 4.52 Å². The molecule has 0 unspecified atom stereocenters. The van der Waals surface area contributed by atoms with Crippen molar-refractivity contribution in [2.45, 2.75) is 39.7 Å². The van der Waals surface area contributed by atoms with Gasteiger partial charge in [-0.15, -0.1) is 5.10 Å². The summed E-state index contributed by atoms with van der Waals surface area (Å²) in [7, 11) is 0. The molecule has 136 valence electrons. The van der Waals surface area contributed by atoms with Crippen molar-refractivity contribution in [3.63, 3.8) is 0 Å². The Hall–Kier alpha value is -2.71. The van der Waals surface area contributed by atoms with Gasteiger partial charge in [0.15, 0.2) is 5.82 Å². The number of amides is 2. The fourth-order valence-electron chi connectivity index (χ4n) is 2.09. The monoisotopic (exact) mass is 348 g/mol. The number of carbonyl (C=O) groups excluding carboxylic acids is 2. The standard InChI is InChI=1S/C16H24N6O3/c1-5-21(15(24)25-16(2,3)4)10-8-17-13(23)11-12-19-14-18-7-6-9-22(14)20-12/h6-7,9H,5,8,10-11H2,1-4H3,(H,17,23). The van der Waals surface area contributed by atoms with Gasteiger partial charge in [0.2, 0.25) is 5.91 Å². The number of fused-ring (bicyclic) bond motifs is 1. The Balaban J connectivity index is 1.79. The minimum atomic E-state index is -0.545. The highest BCUT2D eigenvalue weighted by Gasteiger charge is 2.21. The van der Waals surface area contributed by atoms with Crippen LogP contribution in [0.2, 0.25) is 0 Å². The predicted molar refractivity (Wildman–Crippen MR) is 91.0 cm³/mol. The Morgan fingerprint density at radius 1 is 1.36 bits per heavy atom. The van der Waals surface area contributed by atoms with E-state index in [1.54, 1.807) is 23.4 Å². The van der Waals surface area contributed by atoms with Gasteiger partial charge in [-0.25, -0.2) is 14.3 Å². The average molecular weight is 348 g/mol. The maximum Gasteiger partial charge on any atom is 0.410 e. The van der Waals surface area contributed by atoms with Crippen molar-refractivity contribution in [3.8, 4) is 0 Å². The molecule has 0 bridgehead atoms. The maximum atomic E-state index is 12.0. The summed E-state index contributed by atoms with van der Waals surface area (Å²) >= 11 is 0. The van der Waals surface area contributed by atoms with Gasteiger partial charge in [-0.1, -0.05) is 0 Å². The van der Waals surface area contributed by atoms with Gasteiger partial charge in [-0.2, -0.15) is 4.98 Å². The highest BCUT2D eigenvalue weighted by molar-refractivity contribution is 5.77. The molecular weight excluding hydrogens is 324 g/mol. The van der Waals surface area contributed by atoms with E-state index in [0.29, 0.717) is 31.2 Å². The van der Waals surface area contributed by atoms with E-state index in [-0.39, 0.29) is 12.3 Å². The van der Waals surface area contributed by atoms with E-state index < -0.39 is 11.7 Å². The lowest BCUT2D eigenvalue weighted by Crippen LogP contribution is -2.41. The number of nitrogens with one attached hydrogen (secondary N) is 1. The van der Waals surface area contributed by atoms with Crippen LogP contribution in [0.15, 0.2) is 18.5 Å². The molecule has 0 radical (unpaired) electrons. The molecule has 0 aromatic carbocycles. The average Bonchev–Trinajstić information content (AvgIpc) is 2.91. The third-order valence-corrected chi connectivity index (χ3v) is 3.22. The highest BCUT2D eigenvalue weighted by Crippen LogP contribution is 2.09. The molecule has 2 amide bonds. The number of aromatic nitrogens is 4. The third-order valence-electron chi connectivity index (χ3n) is 3.22. The van der Waals surface area contributed by atoms with Gasteiger partial charge in [0.05, 0.1) is 6.42 Å². The zero-order valence-corrected chi connectivity index (χ0v) is 15.0. The first-order valence-electron chi connectivity index (χ1n) is 8.19. The Bertz CT molecular complexity index is 704. The lowest BCUT2D eigenvalue weighted by atomic mass is 10.2. The molecule has 0 aliphatic carbocycles.